The summed E-state index contributed by atoms with van der Waals surface area (Å²) in [7, 11) is 0. The molecule has 4 saturated carbocycles. The van der Waals surface area contributed by atoms with E-state index < -0.39 is 0 Å². The highest BCUT2D eigenvalue weighted by molar-refractivity contribution is 5.53. The van der Waals surface area contributed by atoms with E-state index in [0.29, 0.717) is 16.7 Å². The zero-order chi connectivity index (χ0) is 16.2. The van der Waals surface area contributed by atoms with Crippen molar-refractivity contribution < 1.29 is 4.79 Å². The SMILES string of the molecule is CC(C=O)[C@H]1CC[C@H]2[C@@H]3CC[C@H]4CCCC[C@]4(C)[C@H]3CC[C@]12C. The lowest BCUT2D eigenvalue weighted by Crippen LogP contribution is -2.53. The van der Waals surface area contributed by atoms with E-state index in [9.17, 15) is 4.79 Å². The predicted molar refractivity (Wildman–Crippen MR) is 95.1 cm³/mol. The van der Waals surface area contributed by atoms with Gasteiger partial charge < -0.3 is 4.79 Å². The molecule has 0 aromatic rings. The van der Waals surface area contributed by atoms with Crippen molar-refractivity contribution in [2.45, 2.75) is 85.0 Å². The number of carbonyl (C=O) groups excluding carboxylic acids is 1. The molecule has 1 unspecified atom stereocenters. The molecule has 1 heteroatoms. The predicted octanol–water partition coefficient (Wildman–Crippen LogP) is 5.87. The molecular formula is C22H36O. The summed E-state index contributed by atoms with van der Waals surface area (Å²) in [5, 5.41) is 0. The van der Waals surface area contributed by atoms with Gasteiger partial charge in [0, 0.05) is 5.92 Å². The van der Waals surface area contributed by atoms with Gasteiger partial charge in [-0.05, 0) is 91.8 Å². The van der Waals surface area contributed by atoms with Crippen LogP contribution in [0.5, 0.6) is 0 Å². The molecule has 4 fully saturated rings. The average Bonchev–Trinajstić information content (AvgIpc) is 2.91. The van der Waals surface area contributed by atoms with E-state index in [-0.39, 0.29) is 5.92 Å². The van der Waals surface area contributed by atoms with Gasteiger partial charge in [-0.3, -0.25) is 0 Å². The minimum Gasteiger partial charge on any atom is -0.303 e. The first-order chi connectivity index (χ1) is 11.0. The summed E-state index contributed by atoms with van der Waals surface area (Å²) < 4.78 is 0. The Morgan fingerprint density at radius 2 is 1.65 bits per heavy atom. The molecular weight excluding hydrogens is 280 g/mol. The Labute approximate surface area is 143 Å². The molecule has 1 nitrogen and oxygen atoms in total. The van der Waals surface area contributed by atoms with Gasteiger partial charge in [0.25, 0.3) is 0 Å². The fourth-order valence-electron chi connectivity index (χ4n) is 8.29. The number of hydrogen-bond donors (Lipinski definition) is 0. The van der Waals surface area contributed by atoms with Crippen LogP contribution in [0.4, 0.5) is 0 Å². The number of carbonyl (C=O) groups is 1. The van der Waals surface area contributed by atoms with Crippen LogP contribution in [0.2, 0.25) is 0 Å². The van der Waals surface area contributed by atoms with Gasteiger partial charge in [-0.1, -0.05) is 33.6 Å². The molecule has 0 aromatic carbocycles. The molecule has 0 N–H and O–H groups in total. The Balaban J connectivity index is 1.61. The van der Waals surface area contributed by atoms with E-state index >= 15 is 0 Å². The minimum absolute atomic E-state index is 0.267. The van der Waals surface area contributed by atoms with Crippen LogP contribution in [0.25, 0.3) is 0 Å². The van der Waals surface area contributed by atoms with Gasteiger partial charge in [-0.25, -0.2) is 0 Å². The van der Waals surface area contributed by atoms with Gasteiger partial charge in [-0.2, -0.15) is 0 Å². The summed E-state index contributed by atoms with van der Waals surface area (Å²) in [5.74, 6) is 4.81. The normalized spacial score (nSPS) is 53.8. The van der Waals surface area contributed by atoms with Crippen LogP contribution in [0, 0.1) is 46.3 Å². The first-order valence-corrected chi connectivity index (χ1v) is 10.5. The van der Waals surface area contributed by atoms with Crippen LogP contribution in [-0.4, -0.2) is 6.29 Å². The van der Waals surface area contributed by atoms with Crippen LogP contribution in [0.1, 0.15) is 85.0 Å². The Hall–Kier alpha value is -0.330. The van der Waals surface area contributed by atoms with Crippen LogP contribution >= 0.6 is 0 Å². The zero-order valence-electron chi connectivity index (χ0n) is 15.5. The summed E-state index contributed by atoms with van der Waals surface area (Å²) in [6.45, 7) is 7.40. The molecule has 0 heterocycles. The lowest BCUT2D eigenvalue weighted by molar-refractivity contribution is -0.123. The highest BCUT2D eigenvalue weighted by Gasteiger charge is 2.60. The van der Waals surface area contributed by atoms with Gasteiger partial charge in [0.15, 0.2) is 0 Å². The molecule has 130 valence electrons. The van der Waals surface area contributed by atoms with E-state index in [1.165, 1.54) is 70.5 Å². The maximum atomic E-state index is 11.4. The first-order valence-electron chi connectivity index (χ1n) is 10.5. The third kappa shape index (κ3) is 2.20. The second-order valence-corrected chi connectivity index (χ2v) is 10.1. The highest BCUT2D eigenvalue weighted by atomic mass is 16.1. The summed E-state index contributed by atoms with van der Waals surface area (Å²) in [6.07, 6.45) is 15.8. The maximum Gasteiger partial charge on any atom is 0.123 e. The standard InChI is InChI=1S/C22H36O/c1-15(14-23)18-9-10-19-17-8-7-16-6-4-5-12-21(16,2)20(17)11-13-22(18,19)3/h14-20H,4-13H2,1-3H3/t15?,16-,17+,18-,19+,20+,21+,22-/m1/s1. The Kier molecular flexibility index (Phi) is 3.93. The molecule has 0 radical (unpaired) electrons. The molecule has 0 saturated heterocycles. The van der Waals surface area contributed by atoms with Crippen molar-refractivity contribution in [2.24, 2.45) is 46.3 Å². The van der Waals surface area contributed by atoms with Gasteiger partial charge >= 0.3 is 0 Å². The molecule has 23 heavy (non-hydrogen) atoms. The summed E-state index contributed by atoms with van der Waals surface area (Å²) in [4.78, 5) is 11.4. The molecule has 0 aromatic heterocycles. The molecule has 4 aliphatic rings. The highest BCUT2D eigenvalue weighted by Crippen LogP contribution is 2.68. The largest absolute Gasteiger partial charge is 0.303 e. The fraction of sp³-hybridized carbons (Fsp3) is 0.955. The van der Waals surface area contributed by atoms with Crippen LogP contribution in [0.3, 0.4) is 0 Å². The average molecular weight is 317 g/mol. The third-order valence-corrected chi connectivity index (χ3v) is 9.51. The molecule has 8 atom stereocenters. The smallest absolute Gasteiger partial charge is 0.123 e. The third-order valence-electron chi connectivity index (χ3n) is 9.51. The molecule has 4 aliphatic carbocycles. The van der Waals surface area contributed by atoms with E-state index in [2.05, 4.69) is 20.8 Å². The van der Waals surface area contributed by atoms with Crippen molar-refractivity contribution in [3.05, 3.63) is 0 Å². The maximum absolute atomic E-state index is 11.4. The molecule has 4 rings (SSSR count). The quantitative estimate of drug-likeness (QED) is 0.582. The molecule has 0 aliphatic heterocycles. The lowest BCUT2D eigenvalue weighted by atomic mass is 9.44. The topological polar surface area (TPSA) is 17.1 Å². The van der Waals surface area contributed by atoms with Gasteiger partial charge in [0.05, 0.1) is 0 Å². The molecule has 0 bridgehead atoms. The monoisotopic (exact) mass is 316 g/mol. The van der Waals surface area contributed by atoms with E-state index in [0.717, 1.165) is 23.7 Å². The first kappa shape index (κ1) is 16.2. The second-order valence-electron chi connectivity index (χ2n) is 10.1. The van der Waals surface area contributed by atoms with E-state index in [4.69, 9.17) is 0 Å². The van der Waals surface area contributed by atoms with Crippen molar-refractivity contribution >= 4 is 6.29 Å². The van der Waals surface area contributed by atoms with Gasteiger partial charge in [0.1, 0.15) is 6.29 Å². The number of fused-ring (bicyclic) bond motifs is 5. The number of aldehydes is 1. The Bertz CT molecular complexity index is 471. The van der Waals surface area contributed by atoms with Gasteiger partial charge in [0.2, 0.25) is 0 Å². The van der Waals surface area contributed by atoms with E-state index in [1.807, 2.05) is 0 Å². The van der Waals surface area contributed by atoms with Crippen molar-refractivity contribution in [3.8, 4) is 0 Å². The molecule has 0 spiro atoms. The fourth-order valence-corrected chi connectivity index (χ4v) is 8.29. The summed E-state index contributed by atoms with van der Waals surface area (Å²) >= 11 is 0. The Morgan fingerprint density at radius 1 is 0.870 bits per heavy atom. The van der Waals surface area contributed by atoms with Crippen LogP contribution < -0.4 is 0 Å². The van der Waals surface area contributed by atoms with Crippen LogP contribution in [0.15, 0.2) is 0 Å². The molecule has 0 amide bonds. The van der Waals surface area contributed by atoms with Crippen molar-refractivity contribution in [1.82, 2.24) is 0 Å². The van der Waals surface area contributed by atoms with Crippen molar-refractivity contribution in [2.75, 3.05) is 0 Å². The number of rotatable bonds is 2. The lowest BCUT2D eigenvalue weighted by Gasteiger charge is -2.60. The summed E-state index contributed by atoms with van der Waals surface area (Å²) in [5.41, 5.74) is 1.11. The Morgan fingerprint density at radius 3 is 2.43 bits per heavy atom. The second kappa shape index (κ2) is 5.60. The van der Waals surface area contributed by atoms with E-state index in [1.54, 1.807) is 0 Å². The summed E-state index contributed by atoms with van der Waals surface area (Å²) in [6, 6.07) is 0. The van der Waals surface area contributed by atoms with Crippen LogP contribution in [-0.2, 0) is 4.79 Å². The minimum atomic E-state index is 0.267. The van der Waals surface area contributed by atoms with Crippen molar-refractivity contribution in [1.29, 1.82) is 0 Å². The zero-order valence-corrected chi connectivity index (χ0v) is 15.5. The van der Waals surface area contributed by atoms with Crippen molar-refractivity contribution in [3.63, 3.8) is 0 Å². The number of hydrogen-bond acceptors (Lipinski definition) is 1. The van der Waals surface area contributed by atoms with Gasteiger partial charge in [-0.15, -0.1) is 0 Å².